The lowest BCUT2D eigenvalue weighted by Crippen LogP contribution is -2.31. The average molecular weight is 498 g/mol. The Morgan fingerprint density at radius 3 is 2.47 bits per heavy atom. The molecule has 0 fully saturated rings. The van der Waals surface area contributed by atoms with Crippen molar-refractivity contribution in [2.75, 3.05) is 17.7 Å². The summed E-state index contributed by atoms with van der Waals surface area (Å²) >= 11 is 5.69. The van der Waals surface area contributed by atoms with Gasteiger partial charge in [0.15, 0.2) is 0 Å². The summed E-state index contributed by atoms with van der Waals surface area (Å²) in [5, 5.41) is 4.98. The van der Waals surface area contributed by atoms with Gasteiger partial charge in [-0.05, 0) is 48.5 Å². The van der Waals surface area contributed by atoms with Crippen molar-refractivity contribution in [3.8, 4) is 5.75 Å². The van der Waals surface area contributed by atoms with Gasteiger partial charge in [0.05, 0.1) is 18.4 Å². The van der Waals surface area contributed by atoms with Crippen LogP contribution in [-0.2, 0) is 17.5 Å². The fraction of sp³-hybridized carbons (Fsp3) is 0.136. The SMILES string of the molecule is COc1ccc(NC(=O)Cn2cccc(C(F)(F)F)c2=O)cc1NC(=O)c1ccc(Cl)cc1F. The summed E-state index contributed by atoms with van der Waals surface area (Å²) in [7, 11) is 1.33. The van der Waals surface area contributed by atoms with Gasteiger partial charge >= 0.3 is 6.18 Å². The van der Waals surface area contributed by atoms with Gasteiger partial charge in [0, 0.05) is 16.9 Å². The lowest BCUT2D eigenvalue weighted by atomic mass is 10.2. The maximum atomic E-state index is 14.0. The number of nitrogens with zero attached hydrogens (tertiary/aromatic N) is 1. The third-order valence-corrected chi connectivity index (χ3v) is 4.78. The molecule has 0 unspecified atom stereocenters. The van der Waals surface area contributed by atoms with E-state index in [1.165, 1.54) is 37.4 Å². The average Bonchev–Trinajstić information content (AvgIpc) is 2.74. The Labute approximate surface area is 194 Å². The number of ether oxygens (including phenoxy) is 1. The lowest BCUT2D eigenvalue weighted by Gasteiger charge is -2.14. The summed E-state index contributed by atoms with van der Waals surface area (Å²) in [4.78, 5) is 36.8. The van der Waals surface area contributed by atoms with Crippen molar-refractivity contribution in [3.63, 3.8) is 0 Å². The molecule has 2 amide bonds. The van der Waals surface area contributed by atoms with Crippen LogP contribution < -0.4 is 20.9 Å². The van der Waals surface area contributed by atoms with E-state index >= 15 is 0 Å². The van der Waals surface area contributed by atoms with Crippen LogP contribution in [0, 0.1) is 5.82 Å². The van der Waals surface area contributed by atoms with E-state index in [1.807, 2.05) is 0 Å². The van der Waals surface area contributed by atoms with Crippen LogP contribution in [0.2, 0.25) is 5.02 Å². The number of hydrogen-bond acceptors (Lipinski definition) is 4. The number of hydrogen-bond donors (Lipinski definition) is 2. The predicted octanol–water partition coefficient (Wildman–Crippen LogP) is 4.56. The highest BCUT2D eigenvalue weighted by Crippen LogP contribution is 2.29. The van der Waals surface area contributed by atoms with E-state index in [0.29, 0.717) is 10.6 Å². The lowest BCUT2D eigenvalue weighted by molar-refractivity contribution is -0.139. The third kappa shape index (κ3) is 5.73. The van der Waals surface area contributed by atoms with Crippen molar-refractivity contribution in [3.05, 3.63) is 87.0 Å². The Kier molecular flexibility index (Phi) is 7.26. The third-order valence-electron chi connectivity index (χ3n) is 4.55. The van der Waals surface area contributed by atoms with Gasteiger partial charge in [-0.2, -0.15) is 13.2 Å². The van der Waals surface area contributed by atoms with Crippen LogP contribution in [0.5, 0.6) is 5.75 Å². The predicted molar refractivity (Wildman–Crippen MR) is 117 cm³/mol. The summed E-state index contributed by atoms with van der Waals surface area (Å²) in [6, 6.07) is 9.25. The molecule has 34 heavy (non-hydrogen) atoms. The van der Waals surface area contributed by atoms with E-state index in [9.17, 15) is 31.9 Å². The first kappa shape index (κ1) is 24.8. The zero-order chi connectivity index (χ0) is 25.0. The molecule has 0 aliphatic carbocycles. The van der Waals surface area contributed by atoms with Gasteiger partial charge in [0.1, 0.15) is 23.7 Å². The van der Waals surface area contributed by atoms with Crippen LogP contribution in [0.3, 0.4) is 0 Å². The zero-order valence-electron chi connectivity index (χ0n) is 17.4. The van der Waals surface area contributed by atoms with Gasteiger partial charge < -0.3 is 19.9 Å². The van der Waals surface area contributed by atoms with Crippen molar-refractivity contribution in [2.45, 2.75) is 12.7 Å². The second kappa shape index (κ2) is 9.96. The second-order valence-electron chi connectivity index (χ2n) is 6.89. The number of carbonyl (C=O) groups excluding carboxylic acids is 2. The molecule has 0 aliphatic rings. The highest BCUT2D eigenvalue weighted by Gasteiger charge is 2.34. The first-order valence-electron chi connectivity index (χ1n) is 9.50. The van der Waals surface area contributed by atoms with Crippen molar-refractivity contribution in [2.24, 2.45) is 0 Å². The summed E-state index contributed by atoms with van der Waals surface area (Å²) in [5.74, 6) is -2.27. The molecule has 0 atom stereocenters. The fourth-order valence-electron chi connectivity index (χ4n) is 2.98. The minimum Gasteiger partial charge on any atom is -0.495 e. The summed E-state index contributed by atoms with van der Waals surface area (Å²) in [6.07, 6.45) is -3.80. The summed E-state index contributed by atoms with van der Waals surface area (Å²) in [5.41, 5.74) is -2.83. The highest BCUT2D eigenvalue weighted by molar-refractivity contribution is 6.30. The van der Waals surface area contributed by atoms with Gasteiger partial charge in [-0.3, -0.25) is 14.4 Å². The molecule has 1 heterocycles. The van der Waals surface area contributed by atoms with Crippen LogP contribution in [0.25, 0.3) is 0 Å². The number of pyridine rings is 1. The Bertz CT molecular complexity index is 1310. The van der Waals surface area contributed by atoms with Gasteiger partial charge in [-0.15, -0.1) is 0 Å². The Hall–Kier alpha value is -3.86. The van der Waals surface area contributed by atoms with Crippen LogP contribution in [0.1, 0.15) is 15.9 Å². The monoisotopic (exact) mass is 497 g/mol. The first-order chi connectivity index (χ1) is 16.0. The number of nitrogens with one attached hydrogen (secondary N) is 2. The van der Waals surface area contributed by atoms with Crippen molar-refractivity contribution in [1.82, 2.24) is 4.57 Å². The van der Waals surface area contributed by atoms with Crippen molar-refractivity contribution in [1.29, 1.82) is 0 Å². The van der Waals surface area contributed by atoms with E-state index in [1.54, 1.807) is 0 Å². The molecule has 0 bridgehead atoms. The van der Waals surface area contributed by atoms with Crippen molar-refractivity contribution < 1.29 is 31.9 Å². The molecule has 0 saturated heterocycles. The van der Waals surface area contributed by atoms with Crippen LogP contribution in [0.4, 0.5) is 28.9 Å². The van der Waals surface area contributed by atoms with Gasteiger partial charge in [-0.25, -0.2) is 4.39 Å². The standard InChI is InChI=1S/C22H16ClF4N3O4/c1-34-18-7-5-13(10-17(18)29-20(32)14-6-4-12(23)9-16(14)24)28-19(31)11-30-8-2-3-15(21(30)33)22(25,26)27/h2-10H,11H2,1H3,(H,28,31)(H,29,32). The number of halogens is 5. The number of carbonyl (C=O) groups is 2. The van der Waals surface area contributed by atoms with Crippen LogP contribution in [-0.4, -0.2) is 23.5 Å². The largest absolute Gasteiger partial charge is 0.495 e. The Balaban J connectivity index is 1.79. The molecule has 3 rings (SSSR count). The zero-order valence-corrected chi connectivity index (χ0v) is 18.1. The molecule has 178 valence electrons. The number of alkyl halides is 3. The Morgan fingerprint density at radius 2 is 1.82 bits per heavy atom. The molecular formula is C22H16ClF4N3O4. The highest BCUT2D eigenvalue weighted by atomic mass is 35.5. The van der Waals surface area contributed by atoms with Gasteiger partial charge in [0.2, 0.25) is 5.91 Å². The Morgan fingerprint density at radius 1 is 1.09 bits per heavy atom. The van der Waals surface area contributed by atoms with E-state index in [-0.39, 0.29) is 27.7 Å². The topological polar surface area (TPSA) is 89.4 Å². The van der Waals surface area contributed by atoms with Crippen LogP contribution >= 0.6 is 11.6 Å². The maximum absolute atomic E-state index is 14.0. The van der Waals surface area contributed by atoms with Gasteiger partial charge in [-0.1, -0.05) is 11.6 Å². The summed E-state index contributed by atoms with van der Waals surface area (Å²) < 4.78 is 58.5. The van der Waals surface area contributed by atoms with E-state index in [0.717, 1.165) is 18.3 Å². The van der Waals surface area contributed by atoms with E-state index < -0.39 is 41.5 Å². The molecule has 0 saturated carbocycles. The quantitative estimate of drug-likeness (QED) is 0.489. The molecule has 2 aromatic carbocycles. The molecule has 0 spiro atoms. The normalized spacial score (nSPS) is 11.1. The molecule has 12 heteroatoms. The molecular weight excluding hydrogens is 482 g/mol. The minimum atomic E-state index is -4.86. The number of benzene rings is 2. The summed E-state index contributed by atoms with van der Waals surface area (Å²) in [6.45, 7) is -0.688. The fourth-order valence-corrected chi connectivity index (χ4v) is 3.14. The van der Waals surface area contributed by atoms with E-state index in [2.05, 4.69) is 10.6 Å². The minimum absolute atomic E-state index is 0.0795. The molecule has 2 N–H and O–H groups in total. The maximum Gasteiger partial charge on any atom is 0.421 e. The van der Waals surface area contributed by atoms with Crippen molar-refractivity contribution >= 4 is 34.8 Å². The molecule has 0 aliphatic heterocycles. The second-order valence-corrected chi connectivity index (χ2v) is 7.33. The molecule has 3 aromatic rings. The number of anilines is 2. The number of amides is 2. The number of methoxy groups -OCH3 is 1. The molecule has 0 radical (unpaired) electrons. The number of aromatic nitrogens is 1. The van der Waals surface area contributed by atoms with E-state index in [4.69, 9.17) is 16.3 Å². The molecule has 1 aromatic heterocycles. The number of rotatable bonds is 6. The smallest absolute Gasteiger partial charge is 0.421 e. The molecule has 7 nitrogen and oxygen atoms in total. The first-order valence-corrected chi connectivity index (χ1v) is 9.88. The van der Waals surface area contributed by atoms with Crippen LogP contribution in [0.15, 0.2) is 59.5 Å². The van der Waals surface area contributed by atoms with Gasteiger partial charge in [0.25, 0.3) is 11.5 Å².